The lowest BCUT2D eigenvalue weighted by molar-refractivity contribution is -0.148. The highest BCUT2D eigenvalue weighted by molar-refractivity contribution is 5.75. The number of esters is 1. The summed E-state index contributed by atoms with van der Waals surface area (Å²) >= 11 is 0. The first-order valence-corrected chi connectivity index (χ1v) is 7.44. The Kier molecular flexibility index (Phi) is 5.73. The van der Waals surface area contributed by atoms with Crippen molar-refractivity contribution < 1.29 is 14.6 Å². The van der Waals surface area contributed by atoms with Crippen LogP contribution in [0.4, 0.5) is 0 Å². The molecule has 0 aromatic heterocycles. The highest BCUT2D eigenvalue weighted by atomic mass is 16.5. The highest BCUT2D eigenvalue weighted by Gasteiger charge is 2.30. The van der Waals surface area contributed by atoms with E-state index in [1.807, 2.05) is 29.2 Å². The van der Waals surface area contributed by atoms with Gasteiger partial charge in [0.25, 0.3) is 0 Å². The number of ether oxygens (including phenoxy) is 1. The van der Waals surface area contributed by atoms with Gasteiger partial charge >= 0.3 is 5.97 Å². The van der Waals surface area contributed by atoms with E-state index in [1.54, 1.807) is 0 Å². The van der Waals surface area contributed by atoms with Crippen molar-refractivity contribution in [2.24, 2.45) is 5.73 Å². The SMILES string of the molecule is COC(=O)C1CCCCN1CC(O)c1ccc(CN)cc1. The Balaban J connectivity index is 2.01. The van der Waals surface area contributed by atoms with Gasteiger partial charge in [-0.15, -0.1) is 0 Å². The molecule has 21 heavy (non-hydrogen) atoms. The molecule has 3 N–H and O–H groups in total. The van der Waals surface area contributed by atoms with Gasteiger partial charge in [-0.25, -0.2) is 0 Å². The Hall–Kier alpha value is -1.43. The second-order valence-electron chi connectivity index (χ2n) is 5.49. The van der Waals surface area contributed by atoms with Crippen LogP contribution < -0.4 is 5.73 Å². The zero-order valence-corrected chi connectivity index (χ0v) is 12.5. The number of β-amino-alcohol motifs (C(OH)–C–C–N with tert-alkyl or cyclic N) is 1. The normalized spacial score (nSPS) is 21.0. The van der Waals surface area contributed by atoms with Crippen LogP contribution in [0.1, 0.15) is 36.5 Å². The maximum absolute atomic E-state index is 11.8. The molecule has 1 saturated heterocycles. The van der Waals surface area contributed by atoms with E-state index < -0.39 is 6.10 Å². The number of aliphatic hydroxyl groups excluding tert-OH is 1. The number of benzene rings is 1. The van der Waals surface area contributed by atoms with Crippen LogP contribution in [0.2, 0.25) is 0 Å². The summed E-state index contributed by atoms with van der Waals surface area (Å²) in [7, 11) is 1.41. The summed E-state index contributed by atoms with van der Waals surface area (Å²) in [6.45, 7) is 1.76. The summed E-state index contributed by atoms with van der Waals surface area (Å²) in [4.78, 5) is 13.8. The highest BCUT2D eigenvalue weighted by Crippen LogP contribution is 2.22. The molecule has 1 fully saturated rings. The lowest BCUT2D eigenvalue weighted by atomic mass is 10.00. The maximum atomic E-state index is 11.8. The zero-order valence-electron chi connectivity index (χ0n) is 12.5. The van der Waals surface area contributed by atoms with Gasteiger partial charge in [0, 0.05) is 13.1 Å². The molecular weight excluding hydrogens is 268 g/mol. The molecule has 2 atom stereocenters. The van der Waals surface area contributed by atoms with Gasteiger partial charge in [0.15, 0.2) is 0 Å². The van der Waals surface area contributed by atoms with Crippen molar-refractivity contribution >= 4 is 5.97 Å². The first-order chi connectivity index (χ1) is 10.2. The Morgan fingerprint density at radius 1 is 1.43 bits per heavy atom. The van der Waals surface area contributed by atoms with Crippen molar-refractivity contribution in [1.82, 2.24) is 4.90 Å². The number of aliphatic hydroxyl groups is 1. The molecule has 1 aromatic rings. The number of rotatable bonds is 5. The molecule has 1 aromatic carbocycles. The molecule has 5 heteroatoms. The van der Waals surface area contributed by atoms with E-state index in [4.69, 9.17) is 10.5 Å². The van der Waals surface area contributed by atoms with Gasteiger partial charge in [-0.3, -0.25) is 9.69 Å². The van der Waals surface area contributed by atoms with Crippen LogP contribution in [0.3, 0.4) is 0 Å². The van der Waals surface area contributed by atoms with Gasteiger partial charge in [-0.1, -0.05) is 30.7 Å². The van der Waals surface area contributed by atoms with Gasteiger partial charge in [0.05, 0.1) is 13.2 Å². The average Bonchev–Trinajstić information content (AvgIpc) is 2.54. The maximum Gasteiger partial charge on any atom is 0.323 e. The first kappa shape index (κ1) is 15.9. The van der Waals surface area contributed by atoms with Crippen LogP contribution in [0.5, 0.6) is 0 Å². The number of piperidine rings is 1. The molecule has 5 nitrogen and oxygen atoms in total. The van der Waals surface area contributed by atoms with Crippen LogP contribution in [-0.2, 0) is 16.1 Å². The molecule has 116 valence electrons. The monoisotopic (exact) mass is 292 g/mol. The van der Waals surface area contributed by atoms with E-state index >= 15 is 0 Å². The molecular formula is C16H24N2O3. The molecule has 0 aliphatic carbocycles. The number of methoxy groups -OCH3 is 1. The molecule has 1 aliphatic rings. The van der Waals surface area contributed by atoms with Crippen LogP contribution >= 0.6 is 0 Å². The predicted octanol–water partition coefficient (Wildman–Crippen LogP) is 1.21. The summed E-state index contributed by atoms with van der Waals surface area (Å²) < 4.78 is 4.86. The molecule has 0 saturated carbocycles. The minimum Gasteiger partial charge on any atom is -0.468 e. The van der Waals surface area contributed by atoms with Crippen LogP contribution in [-0.4, -0.2) is 42.2 Å². The largest absolute Gasteiger partial charge is 0.468 e. The van der Waals surface area contributed by atoms with Gasteiger partial charge in [-0.2, -0.15) is 0 Å². The predicted molar refractivity (Wildman–Crippen MR) is 80.5 cm³/mol. The van der Waals surface area contributed by atoms with E-state index in [9.17, 15) is 9.90 Å². The fourth-order valence-electron chi connectivity index (χ4n) is 2.82. The topological polar surface area (TPSA) is 75.8 Å². The van der Waals surface area contributed by atoms with Gasteiger partial charge in [-0.05, 0) is 30.5 Å². The Labute approximate surface area is 125 Å². The Bertz CT molecular complexity index is 461. The fraction of sp³-hybridized carbons (Fsp3) is 0.562. The smallest absolute Gasteiger partial charge is 0.323 e. The number of carbonyl (C=O) groups excluding carboxylic acids is 1. The number of carbonyl (C=O) groups is 1. The minimum absolute atomic E-state index is 0.208. The fourth-order valence-corrected chi connectivity index (χ4v) is 2.82. The molecule has 2 rings (SSSR count). The quantitative estimate of drug-likeness (QED) is 0.798. The van der Waals surface area contributed by atoms with Crippen molar-refractivity contribution in [3.05, 3.63) is 35.4 Å². The molecule has 0 amide bonds. The molecule has 1 aliphatic heterocycles. The van der Waals surface area contributed by atoms with E-state index in [2.05, 4.69) is 0 Å². The average molecular weight is 292 g/mol. The summed E-state index contributed by atoms with van der Waals surface area (Å²) in [5.41, 5.74) is 7.46. The molecule has 2 unspecified atom stereocenters. The van der Waals surface area contributed by atoms with Crippen LogP contribution in [0.25, 0.3) is 0 Å². The van der Waals surface area contributed by atoms with Crippen molar-refractivity contribution in [2.45, 2.75) is 38.0 Å². The second kappa shape index (κ2) is 7.54. The molecule has 0 spiro atoms. The summed E-state index contributed by atoms with van der Waals surface area (Å²) in [6, 6.07) is 7.40. The Morgan fingerprint density at radius 3 is 2.76 bits per heavy atom. The van der Waals surface area contributed by atoms with E-state index in [0.717, 1.165) is 36.9 Å². The van der Waals surface area contributed by atoms with E-state index in [0.29, 0.717) is 13.1 Å². The number of hydrogen-bond acceptors (Lipinski definition) is 5. The van der Waals surface area contributed by atoms with Crippen molar-refractivity contribution in [3.8, 4) is 0 Å². The van der Waals surface area contributed by atoms with Crippen molar-refractivity contribution in [2.75, 3.05) is 20.2 Å². The van der Waals surface area contributed by atoms with Crippen LogP contribution in [0, 0.1) is 0 Å². The van der Waals surface area contributed by atoms with Crippen molar-refractivity contribution in [3.63, 3.8) is 0 Å². The number of likely N-dealkylation sites (tertiary alicyclic amines) is 1. The minimum atomic E-state index is -0.609. The lowest BCUT2D eigenvalue weighted by Gasteiger charge is -2.35. The molecule has 0 radical (unpaired) electrons. The van der Waals surface area contributed by atoms with Gasteiger partial charge in [0.1, 0.15) is 6.04 Å². The summed E-state index contributed by atoms with van der Waals surface area (Å²) in [6.07, 6.45) is 2.26. The van der Waals surface area contributed by atoms with Gasteiger partial charge < -0.3 is 15.6 Å². The zero-order chi connectivity index (χ0) is 15.2. The third-order valence-electron chi connectivity index (χ3n) is 4.09. The number of hydrogen-bond donors (Lipinski definition) is 2. The summed E-state index contributed by atoms with van der Waals surface area (Å²) in [5.74, 6) is -0.208. The van der Waals surface area contributed by atoms with Crippen molar-refractivity contribution in [1.29, 1.82) is 0 Å². The van der Waals surface area contributed by atoms with E-state index in [-0.39, 0.29) is 12.0 Å². The second-order valence-corrected chi connectivity index (χ2v) is 5.49. The van der Waals surface area contributed by atoms with E-state index in [1.165, 1.54) is 7.11 Å². The number of nitrogens with two attached hydrogens (primary N) is 1. The molecule has 0 bridgehead atoms. The number of nitrogens with zero attached hydrogens (tertiary/aromatic N) is 1. The third-order valence-corrected chi connectivity index (χ3v) is 4.09. The first-order valence-electron chi connectivity index (χ1n) is 7.44. The van der Waals surface area contributed by atoms with Crippen LogP contribution in [0.15, 0.2) is 24.3 Å². The standard InChI is InChI=1S/C16H24N2O3/c1-21-16(20)14-4-2-3-9-18(14)11-15(19)13-7-5-12(10-17)6-8-13/h5-8,14-15,19H,2-4,9-11,17H2,1H3. The molecule has 1 heterocycles. The third kappa shape index (κ3) is 4.03. The lowest BCUT2D eigenvalue weighted by Crippen LogP contribution is -2.46. The van der Waals surface area contributed by atoms with Gasteiger partial charge in [0.2, 0.25) is 0 Å². The summed E-state index contributed by atoms with van der Waals surface area (Å²) in [5, 5.41) is 10.4. The Morgan fingerprint density at radius 2 is 2.14 bits per heavy atom.